The summed E-state index contributed by atoms with van der Waals surface area (Å²) in [6, 6.07) is 0. The van der Waals surface area contributed by atoms with Crippen LogP contribution >= 0.6 is 0 Å². The van der Waals surface area contributed by atoms with Gasteiger partial charge in [0.25, 0.3) is 0 Å². The second-order valence-electron chi connectivity index (χ2n) is 4.40. The van der Waals surface area contributed by atoms with Gasteiger partial charge in [-0.1, -0.05) is 6.58 Å². The molecule has 2 N–H and O–H groups in total. The van der Waals surface area contributed by atoms with Gasteiger partial charge < -0.3 is 20.5 Å². The first-order chi connectivity index (χ1) is 8.29. The number of hydrogen-bond donors (Lipinski definition) is 2. The maximum atomic E-state index is 11.7. The van der Waals surface area contributed by atoms with Crippen LogP contribution in [0.4, 0.5) is 0 Å². The average Bonchev–Trinajstić information content (AvgIpc) is 2.27. The Morgan fingerprint density at radius 2 is 1.84 bits per heavy atom. The van der Waals surface area contributed by atoms with Gasteiger partial charge in [-0.25, -0.2) is 0 Å². The summed E-state index contributed by atoms with van der Waals surface area (Å²) in [5, 5.41) is 15.3. The zero-order valence-electron chi connectivity index (χ0n) is 11.7. The zero-order chi connectivity index (χ0) is 14.2. The first-order valence-corrected chi connectivity index (χ1v) is 5.72. The molecule has 0 bridgehead atoms. The van der Waals surface area contributed by atoms with Gasteiger partial charge in [0.05, 0.1) is 0 Å². The molecule has 0 heterocycles. The molecule has 0 fully saturated rings. The SMILES string of the molecule is C=CC(=O)NC(C)(C)C(=O)NCCCCC(=O)[O-].[Na+]. The Morgan fingerprint density at radius 3 is 2.32 bits per heavy atom. The normalized spacial score (nSPS) is 10.0. The van der Waals surface area contributed by atoms with Crippen LogP contribution in [-0.4, -0.2) is 29.9 Å². The van der Waals surface area contributed by atoms with Crippen LogP contribution in [0.1, 0.15) is 33.1 Å². The van der Waals surface area contributed by atoms with Crippen LogP contribution in [-0.2, 0) is 14.4 Å². The van der Waals surface area contributed by atoms with Crippen LogP contribution in [0.15, 0.2) is 12.7 Å². The molecule has 6 nitrogen and oxygen atoms in total. The smallest absolute Gasteiger partial charge is 0.550 e. The van der Waals surface area contributed by atoms with Crippen molar-refractivity contribution in [1.29, 1.82) is 0 Å². The average molecular weight is 278 g/mol. The van der Waals surface area contributed by atoms with Crippen LogP contribution in [0.3, 0.4) is 0 Å². The number of nitrogens with one attached hydrogen (secondary N) is 2. The summed E-state index contributed by atoms with van der Waals surface area (Å²) < 4.78 is 0. The maximum absolute atomic E-state index is 11.7. The van der Waals surface area contributed by atoms with E-state index in [-0.39, 0.29) is 41.9 Å². The van der Waals surface area contributed by atoms with Crippen molar-refractivity contribution in [1.82, 2.24) is 10.6 Å². The van der Waals surface area contributed by atoms with Crippen molar-refractivity contribution < 1.29 is 49.0 Å². The van der Waals surface area contributed by atoms with E-state index in [0.29, 0.717) is 19.4 Å². The van der Waals surface area contributed by atoms with E-state index in [1.165, 1.54) is 0 Å². The quantitative estimate of drug-likeness (QED) is 0.269. The third-order valence-electron chi connectivity index (χ3n) is 2.28. The monoisotopic (exact) mass is 278 g/mol. The van der Waals surface area contributed by atoms with Gasteiger partial charge in [0.2, 0.25) is 11.8 Å². The molecule has 0 saturated carbocycles. The Kier molecular flexibility index (Phi) is 10.8. The molecule has 7 heteroatoms. The number of amides is 2. The standard InChI is InChI=1S/C12H20N2O4.Na/c1-4-9(15)14-12(2,3)11(18)13-8-6-5-7-10(16)17;/h4H,1,5-8H2,2-3H3,(H,13,18)(H,14,15)(H,16,17);/q;+1/p-1. The van der Waals surface area contributed by atoms with Crippen molar-refractivity contribution >= 4 is 17.8 Å². The van der Waals surface area contributed by atoms with Crippen LogP contribution in [0.2, 0.25) is 0 Å². The summed E-state index contributed by atoms with van der Waals surface area (Å²) in [4.78, 5) is 33.0. The van der Waals surface area contributed by atoms with Crippen molar-refractivity contribution in [2.45, 2.75) is 38.6 Å². The number of carboxylic acid groups (broad SMARTS) is 1. The number of unbranched alkanes of at least 4 members (excludes halogenated alkanes) is 1. The molecular formula is C12H19N2NaO4. The second kappa shape index (κ2) is 10.00. The first-order valence-electron chi connectivity index (χ1n) is 5.72. The van der Waals surface area contributed by atoms with Crippen molar-refractivity contribution in [2.75, 3.05) is 6.54 Å². The van der Waals surface area contributed by atoms with E-state index in [4.69, 9.17) is 0 Å². The molecule has 0 saturated heterocycles. The van der Waals surface area contributed by atoms with Crippen molar-refractivity contribution in [3.05, 3.63) is 12.7 Å². The Labute approximate surface area is 135 Å². The fraction of sp³-hybridized carbons (Fsp3) is 0.583. The van der Waals surface area contributed by atoms with E-state index < -0.39 is 17.4 Å². The Balaban J connectivity index is 0. The van der Waals surface area contributed by atoms with E-state index in [9.17, 15) is 19.5 Å². The number of hydrogen-bond acceptors (Lipinski definition) is 4. The molecule has 2 amide bonds. The molecule has 0 aliphatic heterocycles. The van der Waals surface area contributed by atoms with Crippen molar-refractivity contribution in [3.63, 3.8) is 0 Å². The van der Waals surface area contributed by atoms with Crippen molar-refractivity contribution in [3.8, 4) is 0 Å². The number of rotatable bonds is 8. The van der Waals surface area contributed by atoms with Gasteiger partial charge in [-0.2, -0.15) is 0 Å². The fourth-order valence-corrected chi connectivity index (χ4v) is 1.23. The van der Waals surface area contributed by atoms with E-state index in [2.05, 4.69) is 17.2 Å². The molecule has 0 unspecified atom stereocenters. The molecule has 0 aliphatic carbocycles. The molecule has 0 aromatic rings. The molecule has 19 heavy (non-hydrogen) atoms. The van der Waals surface area contributed by atoms with Gasteiger partial charge in [0.1, 0.15) is 5.54 Å². The van der Waals surface area contributed by atoms with Crippen LogP contribution in [0.5, 0.6) is 0 Å². The zero-order valence-corrected chi connectivity index (χ0v) is 13.7. The summed E-state index contributed by atoms with van der Waals surface area (Å²) >= 11 is 0. The minimum Gasteiger partial charge on any atom is -0.550 e. The van der Waals surface area contributed by atoms with Gasteiger partial charge in [-0.15, -0.1) is 0 Å². The van der Waals surface area contributed by atoms with Gasteiger partial charge >= 0.3 is 29.6 Å². The number of carbonyl (C=O) groups excluding carboxylic acids is 3. The van der Waals surface area contributed by atoms with Gasteiger partial charge in [0, 0.05) is 12.5 Å². The van der Waals surface area contributed by atoms with Gasteiger partial charge in [0.15, 0.2) is 0 Å². The van der Waals surface area contributed by atoms with E-state index in [1.807, 2.05) is 0 Å². The van der Waals surface area contributed by atoms with Crippen molar-refractivity contribution in [2.24, 2.45) is 0 Å². The minimum absolute atomic E-state index is 0. The molecular weight excluding hydrogens is 259 g/mol. The number of carboxylic acids is 1. The maximum Gasteiger partial charge on any atom is 1.00 e. The Morgan fingerprint density at radius 1 is 1.26 bits per heavy atom. The fourth-order valence-electron chi connectivity index (χ4n) is 1.23. The van der Waals surface area contributed by atoms with E-state index in [0.717, 1.165) is 6.08 Å². The molecule has 0 aliphatic rings. The Hall–Kier alpha value is -0.850. The molecule has 0 radical (unpaired) electrons. The van der Waals surface area contributed by atoms with Crippen LogP contribution in [0, 0.1) is 0 Å². The third kappa shape index (κ3) is 9.69. The van der Waals surface area contributed by atoms with Crippen LogP contribution in [0.25, 0.3) is 0 Å². The summed E-state index contributed by atoms with van der Waals surface area (Å²) in [6.07, 6.45) is 2.06. The largest absolute Gasteiger partial charge is 1.00 e. The molecule has 0 spiro atoms. The first kappa shape index (κ1) is 20.5. The summed E-state index contributed by atoms with van der Waals surface area (Å²) in [5.74, 6) is -1.85. The predicted molar refractivity (Wildman–Crippen MR) is 64.3 cm³/mol. The summed E-state index contributed by atoms with van der Waals surface area (Å²) in [5.41, 5.74) is -1.03. The minimum atomic E-state index is -1.10. The second-order valence-corrected chi connectivity index (χ2v) is 4.40. The molecule has 102 valence electrons. The van der Waals surface area contributed by atoms with Gasteiger partial charge in [-0.3, -0.25) is 9.59 Å². The molecule has 0 aromatic heterocycles. The molecule has 0 atom stereocenters. The van der Waals surface area contributed by atoms with E-state index >= 15 is 0 Å². The van der Waals surface area contributed by atoms with E-state index in [1.54, 1.807) is 13.8 Å². The van der Waals surface area contributed by atoms with Gasteiger partial charge in [-0.05, 0) is 39.2 Å². The topological polar surface area (TPSA) is 98.3 Å². The summed E-state index contributed by atoms with van der Waals surface area (Å²) in [7, 11) is 0. The summed E-state index contributed by atoms with van der Waals surface area (Å²) in [6.45, 7) is 6.81. The predicted octanol–water partition coefficient (Wildman–Crippen LogP) is -3.89. The Bertz CT molecular complexity index is 343. The number of aliphatic carboxylic acids is 1. The molecule has 0 aromatic carbocycles. The third-order valence-corrected chi connectivity index (χ3v) is 2.28. The number of carbonyl (C=O) groups is 3. The van der Waals surface area contributed by atoms with Crippen LogP contribution < -0.4 is 45.3 Å². The molecule has 0 rings (SSSR count).